The van der Waals surface area contributed by atoms with Crippen molar-refractivity contribution in [3.63, 3.8) is 0 Å². The summed E-state index contributed by atoms with van der Waals surface area (Å²) in [7, 11) is 0.731. The molecule has 0 saturated carbocycles. The van der Waals surface area contributed by atoms with E-state index < -0.39 is 19.1 Å². The van der Waals surface area contributed by atoms with Gasteiger partial charge in [0.2, 0.25) is 0 Å². The lowest BCUT2D eigenvalue weighted by Gasteiger charge is -1.96. The van der Waals surface area contributed by atoms with Gasteiger partial charge in [-0.05, 0) is 11.5 Å². The molecule has 6 nitrogen and oxygen atoms in total. The minimum absolute atomic E-state index is 0.329. The average Bonchev–Trinajstić information content (AvgIpc) is 2.13. The zero-order chi connectivity index (χ0) is 10.2. The van der Waals surface area contributed by atoms with Crippen molar-refractivity contribution in [2.75, 3.05) is 0 Å². The summed E-state index contributed by atoms with van der Waals surface area (Å²) in [6.45, 7) is 2.04. The lowest BCUT2D eigenvalue weighted by atomic mass is 10.8. The first-order chi connectivity index (χ1) is 6.00. The van der Waals surface area contributed by atoms with E-state index >= 15 is 0 Å². The van der Waals surface area contributed by atoms with E-state index in [0.29, 0.717) is 6.54 Å². The van der Waals surface area contributed by atoms with Gasteiger partial charge in [0.15, 0.2) is 0 Å². The van der Waals surface area contributed by atoms with Crippen LogP contribution in [0, 0.1) is 0 Å². The number of hydrogen-bond donors (Lipinski definition) is 0. The van der Waals surface area contributed by atoms with Crippen LogP contribution in [-0.4, -0.2) is 13.2 Å². The molecule has 0 aliphatic heterocycles. The molecule has 1 heterocycles. The number of nitrogens with zero attached hydrogens (tertiary/aromatic N) is 3. The van der Waals surface area contributed by atoms with Gasteiger partial charge in [-0.1, -0.05) is 8.66 Å². The van der Waals surface area contributed by atoms with Crippen LogP contribution in [0.2, 0.25) is 0 Å². The fourth-order valence-electron chi connectivity index (χ4n) is 1.04. The second-order valence-corrected chi connectivity index (χ2v) is 4.20. The maximum absolute atomic E-state index is 11.5. The molecule has 13 heavy (non-hydrogen) atoms. The Bertz CT molecular complexity index is 455. The van der Waals surface area contributed by atoms with Crippen molar-refractivity contribution in [3.8, 4) is 0 Å². The standard InChI is InChI=1S/C6H11N3O3P/c1-4-9-6(11)7(2)5(10)8(3)13(9)12/h4H2,1-3H3/q+1. The molecule has 0 amide bonds. The maximum Gasteiger partial charge on any atom is 0.604 e. The van der Waals surface area contributed by atoms with Gasteiger partial charge in [0, 0.05) is 7.05 Å². The van der Waals surface area contributed by atoms with Crippen LogP contribution in [0.5, 0.6) is 0 Å². The molecule has 7 heteroatoms. The quantitative estimate of drug-likeness (QED) is 0.627. The predicted octanol–water partition coefficient (Wildman–Crippen LogP) is -0.352. The molecule has 1 atom stereocenters. The van der Waals surface area contributed by atoms with E-state index in [1.807, 2.05) is 0 Å². The Morgan fingerprint density at radius 1 is 1.23 bits per heavy atom. The predicted molar refractivity (Wildman–Crippen MR) is 48.2 cm³/mol. The highest BCUT2D eigenvalue weighted by Gasteiger charge is 2.18. The molecule has 0 aromatic carbocycles. The third kappa shape index (κ3) is 1.37. The van der Waals surface area contributed by atoms with Crippen LogP contribution in [0.4, 0.5) is 0 Å². The van der Waals surface area contributed by atoms with E-state index in [4.69, 9.17) is 0 Å². The van der Waals surface area contributed by atoms with Crippen LogP contribution in [0.15, 0.2) is 9.59 Å². The number of hydrogen-bond acceptors (Lipinski definition) is 3. The summed E-state index contributed by atoms with van der Waals surface area (Å²) in [5.41, 5.74) is -1.04. The highest BCUT2D eigenvalue weighted by atomic mass is 31.1. The molecule has 0 spiro atoms. The zero-order valence-electron chi connectivity index (χ0n) is 7.72. The summed E-state index contributed by atoms with van der Waals surface area (Å²) in [6, 6.07) is 0. The molecule has 0 saturated heterocycles. The van der Waals surface area contributed by atoms with Crippen molar-refractivity contribution < 1.29 is 4.57 Å². The van der Waals surface area contributed by atoms with Crippen LogP contribution in [0.3, 0.4) is 0 Å². The Kier molecular flexibility index (Phi) is 2.52. The minimum Gasteiger partial charge on any atom is -0.244 e. The van der Waals surface area contributed by atoms with Crippen molar-refractivity contribution in [3.05, 3.63) is 21.0 Å². The van der Waals surface area contributed by atoms with Crippen molar-refractivity contribution in [2.45, 2.75) is 13.5 Å². The number of aromatic nitrogens is 3. The first-order valence-electron chi connectivity index (χ1n) is 3.80. The molecule has 0 fully saturated rings. The second-order valence-electron chi connectivity index (χ2n) is 2.62. The Morgan fingerprint density at radius 3 is 2.23 bits per heavy atom. The molecule has 1 rings (SSSR count). The van der Waals surface area contributed by atoms with Crippen LogP contribution >= 0.6 is 7.73 Å². The third-order valence-corrected chi connectivity index (χ3v) is 3.39. The molecule has 0 N–H and O–H groups in total. The topological polar surface area (TPSA) is 66.0 Å². The molecular formula is C6H11N3O3P+. The van der Waals surface area contributed by atoms with E-state index in [9.17, 15) is 14.2 Å². The summed E-state index contributed by atoms with van der Waals surface area (Å²) < 4.78 is 14.6. The van der Waals surface area contributed by atoms with Crippen molar-refractivity contribution in [1.82, 2.24) is 13.2 Å². The third-order valence-electron chi connectivity index (χ3n) is 1.83. The van der Waals surface area contributed by atoms with Gasteiger partial charge in [-0.15, -0.1) is 0 Å². The van der Waals surface area contributed by atoms with Crippen LogP contribution < -0.4 is 11.4 Å². The smallest absolute Gasteiger partial charge is 0.244 e. The summed E-state index contributed by atoms with van der Waals surface area (Å²) in [5.74, 6) is 0. The molecule has 0 radical (unpaired) electrons. The fourth-order valence-corrected chi connectivity index (χ4v) is 2.16. The molecule has 0 bridgehead atoms. The summed E-state index contributed by atoms with van der Waals surface area (Å²) >= 11 is 0. The van der Waals surface area contributed by atoms with Crippen molar-refractivity contribution in [1.29, 1.82) is 0 Å². The largest absolute Gasteiger partial charge is 0.604 e. The van der Waals surface area contributed by atoms with Gasteiger partial charge in [0.1, 0.15) is 0 Å². The van der Waals surface area contributed by atoms with Crippen LogP contribution in [0.25, 0.3) is 0 Å². The Labute approximate surface area is 74.9 Å². The van der Waals surface area contributed by atoms with Crippen molar-refractivity contribution in [2.24, 2.45) is 14.1 Å². The van der Waals surface area contributed by atoms with Gasteiger partial charge in [-0.3, -0.25) is 0 Å². The van der Waals surface area contributed by atoms with E-state index in [2.05, 4.69) is 0 Å². The molecular weight excluding hydrogens is 193 g/mol. The Balaban J connectivity index is 3.89. The monoisotopic (exact) mass is 204 g/mol. The summed E-state index contributed by atoms with van der Waals surface area (Å²) in [5, 5.41) is 0. The van der Waals surface area contributed by atoms with Gasteiger partial charge in [-0.2, -0.15) is 0 Å². The average molecular weight is 204 g/mol. The Hall–Kier alpha value is -1.16. The lowest BCUT2D eigenvalue weighted by Crippen LogP contribution is -2.40. The highest BCUT2D eigenvalue weighted by molar-refractivity contribution is 7.28. The second kappa shape index (κ2) is 3.30. The van der Waals surface area contributed by atoms with Gasteiger partial charge in [-0.25, -0.2) is 14.2 Å². The van der Waals surface area contributed by atoms with E-state index in [0.717, 1.165) is 13.2 Å². The van der Waals surface area contributed by atoms with E-state index in [1.165, 1.54) is 14.1 Å². The van der Waals surface area contributed by atoms with Gasteiger partial charge in [0.25, 0.3) is 0 Å². The van der Waals surface area contributed by atoms with E-state index in [-0.39, 0.29) is 0 Å². The van der Waals surface area contributed by atoms with Crippen molar-refractivity contribution >= 4 is 7.73 Å². The molecule has 72 valence electrons. The SMILES string of the molecule is CCn1c(=O)n(C)c(=O)n(C)[p+]1=O. The van der Waals surface area contributed by atoms with E-state index in [1.54, 1.807) is 6.92 Å². The van der Waals surface area contributed by atoms with Gasteiger partial charge in [0.05, 0.1) is 13.6 Å². The molecule has 1 aromatic rings. The summed E-state index contributed by atoms with van der Waals surface area (Å²) in [4.78, 5) is 22.6. The van der Waals surface area contributed by atoms with Crippen LogP contribution in [-0.2, 0) is 25.2 Å². The lowest BCUT2D eigenvalue weighted by molar-refractivity contribution is 0.547. The first-order valence-corrected chi connectivity index (χ1v) is 4.97. The van der Waals surface area contributed by atoms with Gasteiger partial charge >= 0.3 is 19.1 Å². The molecule has 0 aliphatic carbocycles. The normalized spacial score (nSPS) is 11.8. The fraction of sp³-hybridized carbons (Fsp3) is 0.667. The molecule has 1 aromatic heterocycles. The highest BCUT2D eigenvalue weighted by Crippen LogP contribution is 2.03. The number of rotatable bonds is 1. The summed E-state index contributed by atoms with van der Waals surface area (Å²) in [6.07, 6.45) is 0. The van der Waals surface area contributed by atoms with Gasteiger partial charge < -0.3 is 0 Å². The molecule has 0 aliphatic rings. The Morgan fingerprint density at radius 2 is 1.77 bits per heavy atom. The first kappa shape index (κ1) is 9.92. The zero-order valence-corrected chi connectivity index (χ0v) is 8.62. The minimum atomic E-state index is -2.05. The maximum atomic E-state index is 11.5. The van der Waals surface area contributed by atoms with Crippen LogP contribution in [0.1, 0.15) is 6.92 Å². The molecule has 1 unspecified atom stereocenters.